The Kier molecular flexibility index (Phi) is 3.92. The Balaban J connectivity index is 1.73. The molecule has 4 nitrogen and oxygen atoms in total. The lowest BCUT2D eigenvalue weighted by atomic mass is 9.98. The highest BCUT2D eigenvalue weighted by molar-refractivity contribution is 7.93. The SMILES string of the molecule is O=S(=O)(NCC1CCCO1)C1=Cc2ccccc2CC1. The first-order chi connectivity index (χ1) is 9.65. The molecule has 20 heavy (non-hydrogen) atoms. The summed E-state index contributed by atoms with van der Waals surface area (Å²) in [4.78, 5) is 0.481. The quantitative estimate of drug-likeness (QED) is 0.924. The number of hydrogen-bond acceptors (Lipinski definition) is 3. The molecule has 1 fully saturated rings. The van der Waals surface area contributed by atoms with E-state index >= 15 is 0 Å². The molecule has 3 rings (SSSR count). The van der Waals surface area contributed by atoms with Gasteiger partial charge in [0.05, 0.1) is 11.0 Å². The Morgan fingerprint density at radius 1 is 1.25 bits per heavy atom. The van der Waals surface area contributed by atoms with Crippen LogP contribution in [-0.4, -0.2) is 27.7 Å². The minimum Gasteiger partial charge on any atom is -0.377 e. The van der Waals surface area contributed by atoms with Crippen molar-refractivity contribution in [2.45, 2.75) is 31.8 Å². The molecule has 0 spiro atoms. The van der Waals surface area contributed by atoms with E-state index in [-0.39, 0.29) is 6.10 Å². The molecule has 1 aliphatic carbocycles. The standard InChI is InChI=1S/C15H19NO3S/c17-20(18,16-11-14-6-3-9-19-14)15-8-7-12-4-1-2-5-13(12)10-15/h1-2,4-5,10,14,16H,3,6-9,11H2. The zero-order valence-corrected chi connectivity index (χ0v) is 12.2. The van der Waals surface area contributed by atoms with Crippen molar-refractivity contribution < 1.29 is 13.2 Å². The summed E-state index contributed by atoms with van der Waals surface area (Å²) in [7, 11) is -3.38. The largest absolute Gasteiger partial charge is 0.377 e. The third kappa shape index (κ3) is 2.95. The monoisotopic (exact) mass is 293 g/mol. The van der Waals surface area contributed by atoms with Crippen molar-refractivity contribution in [1.29, 1.82) is 0 Å². The maximum absolute atomic E-state index is 12.3. The molecular weight excluding hydrogens is 274 g/mol. The second kappa shape index (κ2) is 5.68. The van der Waals surface area contributed by atoms with E-state index in [1.54, 1.807) is 6.08 Å². The second-order valence-electron chi connectivity index (χ2n) is 5.30. The lowest BCUT2D eigenvalue weighted by Crippen LogP contribution is -2.33. The zero-order valence-electron chi connectivity index (χ0n) is 11.3. The van der Waals surface area contributed by atoms with Crippen LogP contribution in [0.4, 0.5) is 0 Å². The van der Waals surface area contributed by atoms with Crippen molar-refractivity contribution in [1.82, 2.24) is 4.72 Å². The third-order valence-corrected chi connectivity index (χ3v) is 5.44. The Morgan fingerprint density at radius 3 is 2.90 bits per heavy atom. The summed E-state index contributed by atoms with van der Waals surface area (Å²) < 4.78 is 32.8. The molecule has 0 amide bonds. The Hall–Kier alpha value is -1.17. The summed E-state index contributed by atoms with van der Waals surface area (Å²) in [5.74, 6) is 0. The number of fused-ring (bicyclic) bond motifs is 1. The first-order valence-corrected chi connectivity index (χ1v) is 8.53. The van der Waals surface area contributed by atoms with Gasteiger partial charge in [0.1, 0.15) is 0 Å². The molecule has 2 aliphatic rings. The molecule has 1 aromatic rings. The Labute approximate surface area is 119 Å². The van der Waals surface area contributed by atoms with Gasteiger partial charge in [0.25, 0.3) is 0 Å². The smallest absolute Gasteiger partial charge is 0.236 e. The minimum atomic E-state index is -3.38. The van der Waals surface area contributed by atoms with E-state index in [1.807, 2.05) is 18.2 Å². The second-order valence-corrected chi connectivity index (χ2v) is 7.12. The lowest BCUT2D eigenvalue weighted by Gasteiger charge is -2.18. The lowest BCUT2D eigenvalue weighted by molar-refractivity contribution is 0.114. The van der Waals surface area contributed by atoms with E-state index in [0.29, 0.717) is 17.9 Å². The summed E-state index contributed by atoms with van der Waals surface area (Å²) in [5.41, 5.74) is 2.22. The van der Waals surface area contributed by atoms with E-state index in [0.717, 1.165) is 31.4 Å². The highest BCUT2D eigenvalue weighted by atomic mass is 32.2. The first kappa shape index (κ1) is 13.8. The molecule has 1 N–H and O–H groups in total. The molecule has 0 bridgehead atoms. The highest BCUT2D eigenvalue weighted by Gasteiger charge is 2.24. The molecule has 108 valence electrons. The van der Waals surface area contributed by atoms with Gasteiger partial charge in [-0.05, 0) is 42.9 Å². The van der Waals surface area contributed by atoms with Gasteiger partial charge < -0.3 is 4.74 Å². The maximum Gasteiger partial charge on any atom is 0.236 e. The fourth-order valence-corrected chi connectivity index (χ4v) is 3.96. The number of allylic oxidation sites excluding steroid dienone is 1. The van der Waals surface area contributed by atoms with Gasteiger partial charge in [0, 0.05) is 13.2 Å². The van der Waals surface area contributed by atoms with E-state index in [1.165, 1.54) is 5.56 Å². The van der Waals surface area contributed by atoms with E-state index in [9.17, 15) is 8.42 Å². The van der Waals surface area contributed by atoms with Crippen LogP contribution in [0.3, 0.4) is 0 Å². The number of rotatable bonds is 4. The zero-order chi connectivity index (χ0) is 14.0. The van der Waals surface area contributed by atoms with Crippen molar-refractivity contribution in [2.75, 3.05) is 13.2 Å². The van der Waals surface area contributed by atoms with Crippen LogP contribution in [0.1, 0.15) is 30.4 Å². The summed E-state index contributed by atoms with van der Waals surface area (Å²) in [6.07, 6.45) is 5.12. The molecule has 5 heteroatoms. The average molecular weight is 293 g/mol. The molecule has 0 aromatic heterocycles. The molecule has 1 aliphatic heterocycles. The Bertz CT molecular complexity index is 616. The van der Waals surface area contributed by atoms with Crippen LogP contribution >= 0.6 is 0 Å². The molecule has 0 radical (unpaired) electrons. The van der Waals surface area contributed by atoms with Crippen molar-refractivity contribution in [3.8, 4) is 0 Å². The van der Waals surface area contributed by atoms with Crippen molar-refractivity contribution >= 4 is 16.1 Å². The molecule has 1 atom stereocenters. The molecule has 0 saturated carbocycles. The van der Waals surface area contributed by atoms with E-state index in [2.05, 4.69) is 10.8 Å². The first-order valence-electron chi connectivity index (χ1n) is 7.05. The molecule has 1 unspecified atom stereocenters. The van der Waals surface area contributed by atoms with Crippen LogP contribution in [-0.2, 0) is 21.2 Å². The van der Waals surface area contributed by atoms with Crippen LogP contribution in [0.25, 0.3) is 6.08 Å². The van der Waals surface area contributed by atoms with Gasteiger partial charge in [-0.15, -0.1) is 0 Å². The third-order valence-electron chi connectivity index (χ3n) is 3.88. The molecule has 1 heterocycles. The Morgan fingerprint density at radius 2 is 2.10 bits per heavy atom. The van der Waals surface area contributed by atoms with Crippen LogP contribution in [0.5, 0.6) is 0 Å². The van der Waals surface area contributed by atoms with Gasteiger partial charge in [-0.1, -0.05) is 24.3 Å². The number of ether oxygens (including phenoxy) is 1. The highest BCUT2D eigenvalue weighted by Crippen LogP contribution is 2.26. The summed E-state index contributed by atoms with van der Waals surface area (Å²) >= 11 is 0. The van der Waals surface area contributed by atoms with Crippen molar-refractivity contribution in [3.05, 3.63) is 40.3 Å². The van der Waals surface area contributed by atoms with Gasteiger partial charge in [-0.3, -0.25) is 0 Å². The number of hydrogen-bond donors (Lipinski definition) is 1. The van der Waals surface area contributed by atoms with Crippen molar-refractivity contribution in [2.24, 2.45) is 0 Å². The number of aryl methyl sites for hydroxylation is 1. The average Bonchev–Trinajstić information content (AvgIpc) is 2.98. The molecular formula is C15H19NO3S. The van der Waals surface area contributed by atoms with Crippen LogP contribution in [0.2, 0.25) is 0 Å². The predicted octanol–water partition coefficient (Wildman–Crippen LogP) is 2.07. The van der Waals surface area contributed by atoms with Gasteiger partial charge in [-0.25, -0.2) is 13.1 Å². The summed E-state index contributed by atoms with van der Waals surface area (Å²) in [6, 6.07) is 7.94. The minimum absolute atomic E-state index is 0.0289. The number of benzene rings is 1. The van der Waals surface area contributed by atoms with Gasteiger partial charge in [0.15, 0.2) is 0 Å². The van der Waals surface area contributed by atoms with E-state index in [4.69, 9.17) is 4.74 Å². The number of sulfonamides is 1. The topological polar surface area (TPSA) is 55.4 Å². The fourth-order valence-electron chi connectivity index (χ4n) is 2.72. The summed E-state index contributed by atoms with van der Waals surface area (Å²) in [5, 5.41) is 0. The van der Waals surface area contributed by atoms with Gasteiger partial charge in [0.2, 0.25) is 10.0 Å². The van der Waals surface area contributed by atoms with Crippen molar-refractivity contribution in [3.63, 3.8) is 0 Å². The van der Waals surface area contributed by atoms with Gasteiger partial charge >= 0.3 is 0 Å². The van der Waals surface area contributed by atoms with Crippen LogP contribution < -0.4 is 4.72 Å². The maximum atomic E-state index is 12.3. The molecule has 1 saturated heterocycles. The van der Waals surface area contributed by atoms with E-state index < -0.39 is 10.0 Å². The van der Waals surface area contributed by atoms with Crippen LogP contribution in [0, 0.1) is 0 Å². The normalized spacial score (nSPS) is 22.4. The molecule has 1 aromatic carbocycles. The fraction of sp³-hybridized carbons (Fsp3) is 0.467. The number of nitrogens with one attached hydrogen (secondary N) is 1. The van der Waals surface area contributed by atoms with Gasteiger partial charge in [-0.2, -0.15) is 0 Å². The summed E-state index contributed by atoms with van der Waals surface area (Å²) in [6.45, 7) is 1.11. The predicted molar refractivity (Wildman–Crippen MR) is 78.6 cm³/mol. The van der Waals surface area contributed by atoms with Crippen LogP contribution in [0.15, 0.2) is 29.2 Å².